The Morgan fingerprint density at radius 2 is 1.66 bits per heavy atom. The predicted molar refractivity (Wildman–Crippen MR) is 130 cm³/mol. The number of esters is 2. The first-order valence-electron chi connectivity index (χ1n) is 11.3. The van der Waals surface area contributed by atoms with E-state index in [1.165, 1.54) is 7.11 Å². The van der Waals surface area contributed by atoms with E-state index in [0.717, 1.165) is 0 Å². The standard InChI is InChI=1S/C26H30O8S/c1-3-10-22-21(17-35(29)30)24(31-2)23(34-22)15-20(33-26(28)19-13-8-5-9-14-19)16-32-25(27)18-11-6-4-7-12-18/h3-9,11-14,20-24H,1,10,15-17H2,2H3,(H,29,30)/t20-,21-,22-,23+,24+/m0/s1. The third kappa shape index (κ3) is 7.57. The van der Waals surface area contributed by atoms with Gasteiger partial charge in [-0.25, -0.2) is 13.8 Å². The molecule has 0 bridgehead atoms. The maximum Gasteiger partial charge on any atom is 0.338 e. The summed E-state index contributed by atoms with van der Waals surface area (Å²) in [6.07, 6.45) is 0.0385. The van der Waals surface area contributed by atoms with Crippen molar-refractivity contribution in [1.29, 1.82) is 0 Å². The average Bonchev–Trinajstić information content (AvgIpc) is 3.18. The molecule has 0 radical (unpaired) electrons. The summed E-state index contributed by atoms with van der Waals surface area (Å²) in [7, 11) is 1.50. The third-order valence-corrected chi connectivity index (χ3v) is 6.48. The first-order valence-corrected chi connectivity index (χ1v) is 12.5. The van der Waals surface area contributed by atoms with Gasteiger partial charge < -0.3 is 23.5 Å². The highest BCUT2D eigenvalue weighted by Crippen LogP contribution is 2.35. The van der Waals surface area contributed by atoms with Gasteiger partial charge in [0.1, 0.15) is 12.7 Å². The molecule has 0 amide bonds. The zero-order valence-electron chi connectivity index (χ0n) is 19.5. The molecule has 188 valence electrons. The Balaban J connectivity index is 1.76. The first-order chi connectivity index (χ1) is 16.9. The van der Waals surface area contributed by atoms with E-state index in [-0.39, 0.29) is 30.8 Å². The molecule has 8 nitrogen and oxygen atoms in total. The molecule has 2 aromatic carbocycles. The highest BCUT2D eigenvalue weighted by molar-refractivity contribution is 7.79. The molecule has 1 saturated heterocycles. The van der Waals surface area contributed by atoms with Crippen LogP contribution in [0.15, 0.2) is 73.3 Å². The summed E-state index contributed by atoms with van der Waals surface area (Å²) in [5, 5.41) is 0. The van der Waals surface area contributed by atoms with Gasteiger partial charge in [-0.05, 0) is 30.7 Å². The normalized spacial score (nSPS) is 23.3. The number of hydrogen-bond acceptors (Lipinski definition) is 7. The highest BCUT2D eigenvalue weighted by Gasteiger charge is 2.46. The maximum atomic E-state index is 12.7. The second kappa shape index (κ2) is 13.3. The third-order valence-electron chi connectivity index (χ3n) is 5.81. The van der Waals surface area contributed by atoms with Crippen molar-refractivity contribution in [1.82, 2.24) is 0 Å². The fourth-order valence-electron chi connectivity index (χ4n) is 4.20. The summed E-state index contributed by atoms with van der Waals surface area (Å²) in [6, 6.07) is 17.0. The lowest BCUT2D eigenvalue weighted by molar-refractivity contribution is -0.0516. The summed E-state index contributed by atoms with van der Waals surface area (Å²) in [5.74, 6) is -1.48. The minimum absolute atomic E-state index is 0.0228. The topological polar surface area (TPSA) is 108 Å². The summed E-state index contributed by atoms with van der Waals surface area (Å²) in [5.41, 5.74) is 0.740. The van der Waals surface area contributed by atoms with Crippen molar-refractivity contribution in [3.8, 4) is 0 Å². The van der Waals surface area contributed by atoms with E-state index in [4.69, 9.17) is 18.9 Å². The fraction of sp³-hybridized carbons (Fsp3) is 0.385. The van der Waals surface area contributed by atoms with Crippen molar-refractivity contribution in [2.24, 2.45) is 5.92 Å². The predicted octanol–water partition coefficient (Wildman–Crippen LogP) is 3.66. The summed E-state index contributed by atoms with van der Waals surface area (Å²) in [4.78, 5) is 25.2. The number of benzene rings is 2. The van der Waals surface area contributed by atoms with Crippen molar-refractivity contribution < 1.29 is 37.3 Å². The Morgan fingerprint density at radius 1 is 1.06 bits per heavy atom. The number of carbonyl (C=O) groups excluding carboxylic acids is 2. The van der Waals surface area contributed by atoms with Gasteiger partial charge in [-0.1, -0.05) is 42.5 Å². The molecule has 35 heavy (non-hydrogen) atoms. The van der Waals surface area contributed by atoms with E-state index in [1.54, 1.807) is 66.7 Å². The van der Waals surface area contributed by atoms with Gasteiger partial charge in [0.15, 0.2) is 11.1 Å². The molecule has 1 N–H and O–H groups in total. The second-order valence-electron chi connectivity index (χ2n) is 8.18. The molecule has 1 fully saturated rings. The van der Waals surface area contributed by atoms with Crippen molar-refractivity contribution in [2.45, 2.75) is 37.3 Å². The monoisotopic (exact) mass is 502 g/mol. The molecular formula is C26H30O8S. The van der Waals surface area contributed by atoms with Crippen LogP contribution in [-0.2, 0) is 30.0 Å². The lowest BCUT2D eigenvalue weighted by Gasteiger charge is -2.25. The van der Waals surface area contributed by atoms with Crippen molar-refractivity contribution >= 4 is 23.0 Å². The van der Waals surface area contributed by atoms with Gasteiger partial charge in [0.05, 0.1) is 35.2 Å². The quantitative estimate of drug-likeness (QED) is 0.266. The lowest BCUT2D eigenvalue weighted by Crippen LogP contribution is -2.37. The Hall–Kier alpha value is -2.85. The molecule has 1 heterocycles. The van der Waals surface area contributed by atoms with E-state index in [2.05, 4.69) is 6.58 Å². The molecule has 2 aromatic rings. The first kappa shape index (κ1) is 26.7. The van der Waals surface area contributed by atoms with Crippen LogP contribution in [0.5, 0.6) is 0 Å². The molecule has 1 unspecified atom stereocenters. The van der Waals surface area contributed by atoms with Gasteiger partial charge in [0.2, 0.25) is 0 Å². The Labute approximate surface area is 207 Å². The zero-order chi connectivity index (χ0) is 25.2. The van der Waals surface area contributed by atoms with Crippen LogP contribution in [0.1, 0.15) is 33.6 Å². The summed E-state index contributed by atoms with van der Waals surface area (Å²) in [6.45, 7) is 3.55. The van der Waals surface area contributed by atoms with Crippen LogP contribution in [-0.4, -0.2) is 64.6 Å². The van der Waals surface area contributed by atoms with Gasteiger partial charge >= 0.3 is 11.9 Å². The van der Waals surface area contributed by atoms with Crippen LogP contribution in [0.4, 0.5) is 0 Å². The Kier molecular flexibility index (Phi) is 10.2. The molecule has 0 aromatic heterocycles. The van der Waals surface area contributed by atoms with E-state index < -0.39 is 41.3 Å². The number of ether oxygens (including phenoxy) is 4. The van der Waals surface area contributed by atoms with Crippen molar-refractivity contribution in [3.63, 3.8) is 0 Å². The molecule has 0 saturated carbocycles. The summed E-state index contributed by atoms with van der Waals surface area (Å²) < 4.78 is 44.0. The van der Waals surface area contributed by atoms with Crippen LogP contribution in [0, 0.1) is 5.92 Å². The van der Waals surface area contributed by atoms with Gasteiger partial charge in [-0.3, -0.25) is 0 Å². The molecule has 3 rings (SSSR count). The van der Waals surface area contributed by atoms with Crippen LogP contribution < -0.4 is 0 Å². The van der Waals surface area contributed by atoms with Gasteiger partial charge in [-0.2, -0.15) is 0 Å². The van der Waals surface area contributed by atoms with Crippen LogP contribution in [0.2, 0.25) is 0 Å². The summed E-state index contributed by atoms with van der Waals surface area (Å²) >= 11 is -2.04. The van der Waals surface area contributed by atoms with Crippen LogP contribution in [0.3, 0.4) is 0 Å². The minimum Gasteiger partial charge on any atom is -0.458 e. The molecule has 0 aliphatic carbocycles. The Bertz CT molecular complexity index is 997. The Morgan fingerprint density at radius 3 is 2.20 bits per heavy atom. The lowest BCUT2D eigenvalue weighted by atomic mass is 9.94. The molecule has 1 aliphatic heterocycles. The molecule has 9 heteroatoms. The molecule has 6 atom stereocenters. The van der Waals surface area contributed by atoms with Gasteiger partial charge in [0.25, 0.3) is 0 Å². The molecular weight excluding hydrogens is 472 g/mol. The van der Waals surface area contributed by atoms with E-state index in [9.17, 15) is 18.4 Å². The van der Waals surface area contributed by atoms with Crippen molar-refractivity contribution in [3.05, 3.63) is 84.4 Å². The smallest absolute Gasteiger partial charge is 0.338 e. The number of methoxy groups -OCH3 is 1. The number of hydrogen-bond donors (Lipinski definition) is 1. The minimum atomic E-state index is -2.04. The highest BCUT2D eigenvalue weighted by atomic mass is 32.2. The van der Waals surface area contributed by atoms with E-state index in [1.807, 2.05) is 0 Å². The van der Waals surface area contributed by atoms with E-state index >= 15 is 0 Å². The number of rotatable bonds is 12. The van der Waals surface area contributed by atoms with E-state index in [0.29, 0.717) is 17.5 Å². The van der Waals surface area contributed by atoms with Crippen LogP contribution in [0.25, 0.3) is 0 Å². The SMILES string of the molecule is C=CC[C@@H]1O[C@H](C[C@@H](COC(=O)c2ccccc2)OC(=O)c2ccccc2)[C@H](OC)[C@H]1CS(=O)O. The largest absolute Gasteiger partial charge is 0.458 e. The van der Waals surface area contributed by atoms with Gasteiger partial charge in [-0.15, -0.1) is 6.58 Å². The van der Waals surface area contributed by atoms with Crippen molar-refractivity contribution in [2.75, 3.05) is 19.5 Å². The maximum absolute atomic E-state index is 12.7. The molecule has 1 aliphatic rings. The fourth-order valence-corrected chi connectivity index (χ4v) is 4.93. The number of carbonyl (C=O) groups is 2. The zero-order valence-corrected chi connectivity index (χ0v) is 20.3. The molecule has 0 spiro atoms. The second-order valence-corrected chi connectivity index (χ2v) is 9.16. The average molecular weight is 503 g/mol. The van der Waals surface area contributed by atoms with Crippen LogP contribution >= 0.6 is 0 Å². The van der Waals surface area contributed by atoms with Gasteiger partial charge in [0, 0.05) is 19.4 Å².